The van der Waals surface area contributed by atoms with Crippen LogP contribution in [-0.2, 0) is 14.3 Å². The summed E-state index contributed by atoms with van der Waals surface area (Å²) in [4.78, 5) is 23.6. The minimum absolute atomic E-state index is 0.0540. The summed E-state index contributed by atoms with van der Waals surface area (Å²) in [5, 5.41) is 10.8. The van der Waals surface area contributed by atoms with Crippen molar-refractivity contribution in [1.82, 2.24) is 4.90 Å². The van der Waals surface area contributed by atoms with E-state index in [9.17, 15) is 14.7 Å². The minimum Gasteiger partial charge on any atom is -0.548 e. The topological polar surface area (TPSA) is 78.9 Å². The van der Waals surface area contributed by atoms with Crippen molar-refractivity contribution in [2.45, 2.75) is 32.4 Å². The largest absolute Gasteiger partial charge is 0.548 e. The first-order chi connectivity index (χ1) is 7.31. The van der Waals surface area contributed by atoms with E-state index in [4.69, 9.17) is 9.47 Å². The Morgan fingerprint density at radius 2 is 2.06 bits per heavy atom. The number of morpholine rings is 1. The molecule has 6 heteroatoms. The Morgan fingerprint density at radius 3 is 2.56 bits per heavy atom. The van der Waals surface area contributed by atoms with Crippen molar-refractivity contribution in [3.05, 3.63) is 0 Å². The standard InChI is InChI=1S/C10H17NO5/c1-10(2,3)16-9(14)11-4-5-15-6-7(11)8(12)13/h7H,4-6H2,1-3H3,(H,12,13)/p-1/t7-/m1/s1. The molecule has 0 aromatic carbocycles. The van der Waals surface area contributed by atoms with Gasteiger partial charge >= 0.3 is 6.09 Å². The van der Waals surface area contributed by atoms with Gasteiger partial charge in [-0.15, -0.1) is 0 Å². The molecular formula is C10H16NO5-. The monoisotopic (exact) mass is 230 g/mol. The highest BCUT2D eigenvalue weighted by molar-refractivity contribution is 5.79. The van der Waals surface area contributed by atoms with E-state index in [1.54, 1.807) is 20.8 Å². The Kier molecular flexibility index (Phi) is 3.74. The van der Waals surface area contributed by atoms with E-state index in [1.165, 1.54) is 0 Å². The first kappa shape index (κ1) is 12.8. The molecule has 0 spiro atoms. The number of hydrogen-bond donors (Lipinski definition) is 0. The molecule has 92 valence electrons. The van der Waals surface area contributed by atoms with E-state index < -0.39 is 23.7 Å². The second-order valence-electron chi connectivity index (χ2n) is 4.58. The molecule has 1 aliphatic rings. The Bertz CT molecular complexity index is 283. The van der Waals surface area contributed by atoms with Gasteiger partial charge in [0.1, 0.15) is 5.60 Å². The zero-order chi connectivity index (χ0) is 12.3. The predicted molar refractivity (Wildman–Crippen MR) is 52.6 cm³/mol. The van der Waals surface area contributed by atoms with Gasteiger partial charge in [-0.3, -0.25) is 4.90 Å². The fourth-order valence-corrected chi connectivity index (χ4v) is 1.34. The minimum atomic E-state index is -1.33. The van der Waals surface area contributed by atoms with Crippen LogP contribution in [0, 0.1) is 0 Å². The molecule has 1 rings (SSSR count). The van der Waals surface area contributed by atoms with Crippen molar-refractivity contribution in [2.75, 3.05) is 19.8 Å². The van der Waals surface area contributed by atoms with E-state index in [0.717, 1.165) is 4.90 Å². The van der Waals surface area contributed by atoms with Crippen LogP contribution < -0.4 is 5.11 Å². The SMILES string of the molecule is CC(C)(C)OC(=O)N1CCOC[C@@H]1C(=O)[O-]. The maximum absolute atomic E-state index is 11.7. The third kappa shape index (κ3) is 3.37. The van der Waals surface area contributed by atoms with Gasteiger partial charge in [0.05, 0.1) is 25.2 Å². The summed E-state index contributed by atoms with van der Waals surface area (Å²) in [5.74, 6) is -1.33. The van der Waals surface area contributed by atoms with Gasteiger partial charge in [0.25, 0.3) is 0 Å². The van der Waals surface area contributed by atoms with Crippen molar-refractivity contribution in [3.8, 4) is 0 Å². The van der Waals surface area contributed by atoms with Crippen LogP contribution in [0.3, 0.4) is 0 Å². The van der Waals surface area contributed by atoms with Crippen LogP contribution >= 0.6 is 0 Å². The van der Waals surface area contributed by atoms with E-state index in [-0.39, 0.29) is 13.2 Å². The molecule has 0 N–H and O–H groups in total. The fraction of sp³-hybridized carbons (Fsp3) is 0.800. The molecular weight excluding hydrogens is 214 g/mol. The lowest BCUT2D eigenvalue weighted by Gasteiger charge is -2.36. The van der Waals surface area contributed by atoms with Crippen LogP contribution in [0.25, 0.3) is 0 Å². The highest BCUT2D eigenvalue weighted by Gasteiger charge is 2.31. The van der Waals surface area contributed by atoms with Crippen LogP contribution in [0.5, 0.6) is 0 Å². The average Bonchev–Trinajstić information content (AvgIpc) is 2.15. The first-order valence-electron chi connectivity index (χ1n) is 5.09. The Balaban J connectivity index is 2.68. The van der Waals surface area contributed by atoms with Gasteiger partial charge in [-0.05, 0) is 20.8 Å². The van der Waals surface area contributed by atoms with Crippen molar-refractivity contribution in [3.63, 3.8) is 0 Å². The molecule has 1 atom stereocenters. The first-order valence-corrected chi connectivity index (χ1v) is 5.09. The van der Waals surface area contributed by atoms with E-state index in [2.05, 4.69) is 0 Å². The molecule has 16 heavy (non-hydrogen) atoms. The second kappa shape index (κ2) is 4.69. The maximum atomic E-state index is 11.7. The highest BCUT2D eigenvalue weighted by atomic mass is 16.6. The number of rotatable bonds is 1. The summed E-state index contributed by atoms with van der Waals surface area (Å²) in [7, 11) is 0. The second-order valence-corrected chi connectivity index (χ2v) is 4.58. The molecule has 1 saturated heterocycles. The molecule has 1 aliphatic heterocycles. The molecule has 6 nitrogen and oxygen atoms in total. The molecule has 1 amide bonds. The van der Waals surface area contributed by atoms with Crippen molar-refractivity contribution >= 4 is 12.1 Å². The summed E-state index contributed by atoms with van der Waals surface area (Å²) < 4.78 is 10.1. The lowest BCUT2D eigenvalue weighted by molar-refractivity contribution is -0.313. The number of hydrogen-bond acceptors (Lipinski definition) is 5. The normalized spacial score (nSPS) is 21.7. The van der Waals surface area contributed by atoms with Crippen LogP contribution in [0.15, 0.2) is 0 Å². The Hall–Kier alpha value is -1.30. The van der Waals surface area contributed by atoms with Crippen LogP contribution in [0.2, 0.25) is 0 Å². The summed E-state index contributed by atoms with van der Waals surface area (Å²) in [6.07, 6.45) is -0.648. The van der Waals surface area contributed by atoms with Crippen molar-refractivity contribution in [1.29, 1.82) is 0 Å². The summed E-state index contributed by atoms with van der Waals surface area (Å²) >= 11 is 0. The average molecular weight is 230 g/mol. The van der Waals surface area contributed by atoms with E-state index in [1.807, 2.05) is 0 Å². The summed E-state index contributed by atoms with van der Waals surface area (Å²) in [6, 6.07) is -1.07. The van der Waals surface area contributed by atoms with Crippen LogP contribution in [0.1, 0.15) is 20.8 Å². The molecule has 0 aromatic rings. The van der Waals surface area contributed by atoms with Gasteiger partial charge < -0.3 is 19.4 Å². The fourth-order valence-electron chi connectivity index (χ4n) is 1.34. The molecule has 1 fully saturated rings. The quantitative estimate of drug-likeness (QED) is 0.599. The van der Waals surface area contributed by atoms with Crippen molar-refractivity contribution < 1.29 is 24.2 Å². The molecule has 0 saturated carbocycles. The highest BCUT2D eigenvalue weighted by Crippen LogP contribution is 2.14. The number of carboxylic acids is 1. The van der Waals surface area contributed by atoms with Crippen molar-refractivity contribution in [2.24, 2.45) is 0 Å². The third-order valence-corrected chi connectivity index (χ3v) is 2.03. The van der Waals surface area contributed by atoms with Gasteiger partial charge in [-0.2, -0.15) is 0 Å². The Labute approximate surface area is 94.1 Å². The molecule has 0 aliphatic carbocycles. The molecule has 0 radical (unpaired) electrons. The molecule has 0 unspecified atom stereocenters. The number of ether oxygens (including phenoxy) is 2. The Morgan fingerprint density at radius 1 is 1.44 bits per heavy atom. The third-order valence-electron chi connectivity index (χ3n) is 2.03. The zero-order valence-electron chi connectivity index (χ0n) is 9.69. The summed E-state index contributed by atoms with van der Waals surface area (Å²) in [6.45, 7) is 5.62. The smallest absolute Gasteiger partial charge is 0.411 e. The van der Waals surface area contributed by atoms with E-state index in [0.29, 0.717) is 6.61 Å². The summed E-state index contributed by atoms with van der Waals surface area (Å²) in [5.41, 5.74) is -0.647. The lowest BCUT2D eigenvalue weighted by atomic mass is 10.2. The number of carbonyl (C=O) groups excluding carboxylic acids is 2. The van der Waals surface area contributed by atoms with Gasteiger partial charge in [-0.1, -0.05) is 0 Å². The van der Waals surface area contributed by atoms with Crippen LogP contribution in [-0.4, -0.2) is 48.4 Å². The molecule has 1 heterocycles. The number of carbonyl (C=O) groups is 2. The van der Waals surface area contributed by atoms with Gasteiger partial charge in [0.2, 0.25) is 0 Å². The zero-order valence-corrected chi connectivity index (χ0v) is 9.69. The number of carboxylic acid groups (broad SMARTS) is 1. The number of aliphatic carboxylic acids is 1. The maximum Gasteiger partial charge on any atom is 0.411 e. The number of nitrogens with zero attached hydrogens (tertiary/aromatic N) is 1. The van der Waals surface area contributed by atoms with Crippen LogP contribution in [0.4, 0.5) is 4.79 Å². The molecule has 0 aromatic heterocycles. The molecule has 0 bridgehead atoms. The number of amides is 1. The van der Waals surface area contributed by atoms with Gasteiger partial charge in [-0.25, -0.2) is 4.79 Å². The van der Waals surface area contributed by atoms with E-state index >= 15 is 0 Å². The van der Waals surface area contributed by atoms with Gasteiger partial charge in [0, 0.05) is 6.54 Å². The van der Waals surface area contributed by atoms with Gasteiger partial charge in [0.15, 0.2) is 0 Å². The lowest BCUT2D eigenvalue weighted by Crippen LogP contribution is -2.57. The predicted octanol–water partition coefficient (Wildman–Crippen LogP) is -0.628.